The second kappa shape index (κ2) is 6.31. The van der Waals surface area contributed by atoms with Gasteiger partial charge in [0.1, 0.15) is 5.69 Å². The van der Waals surface area contributed by atoms with Gasteiger partial charge in [0.2, 0.25) is 0 Å². The maximum absolute atomic E-state index is 13.4. The highest BCUT2D eigenvalue weighted by atomic mass is 19.4. The van der Waals surface area contributed by atoms with Crippen molar-refractivity contribution in [3.63, 3.8) is 0 Å². The van der Waals surface area contributed by atoms with Gasteiger partial charge in [-0.1, -0.05) is 54.6 Å². The van der Waals surface area contributed by atoms with Gasteiger partial charge in [-0.15, -0.1) is 0 Å². The van der Waals surface area contributed by atoms with E-state index in [1.165, 1.54) is 30.5 Å². The summed E-state index contributed by atoms with van der Waals surface area (Å²) in [4.78, 5) is 16.4. The Balaban J connectivity index is 1.97. The standard InChI is InChI=1S/C18H13F3N2O/c19-18(20,21)16(13-7-2-1-3-8-13)23-17(24)15-14-9-5-4-6-12(14)10-11-22-15/h1-11,16H,(H,23,24). The van der Waals surface area contributed by atoms with E-state index in [-0.39, 0.29) is 11.3 Å². The van der Waals surface area contributed by atoms with Gasteiger partial charge < -0.3 is 5.32 Å². The lowest BCUT2D eigenvalue weighted by Gasteiger charge is -2.22. The Bertz CT molecular complexity index is 858. The number of aromatic nitrogens is 1. The molecule has 1 N–H and O–H groups in total. The quantitative estimate of drug-likeness (QED) is 0.779. The molecule has 0 aliphatic carbocycles. The number of pyridine rings is 1. The van der Waals surface area contributed by atoms with Crippen LogP contribution in [0.25, 0.3) is 10.8 Å². The van der Waals surface area contributed by atoms with Crippen molar-refractivity contribution < 1.29 is 18.0 Å². The summed E-state index contributed by atoms with van der Waals surface area (Å²) in [5.74, 6) is -0.863. The number of halogens is 3. The third kappa shape index (κ3) is 3.22. The number of hydrogen-bond acceptors (Lipinski definition) is 2. The zero-order valence-electron chi connectivity index (χ0n) is 12.4. The van der Waals surface area contributed by atoms with E-state index in [1.807, 2.05) is 0 Å². The first-order valence-electron chi connectivity index (χ1n) is 7.23. The van der Waals surface area contributed by atoms with Crippen LogP contribution < -0.4 is 5.32 Å². The maximum atomic E-state index is 13.4. The van der Waals surface area contributed by atoms with Crippen LogP contribution in [0.15, 0.2) is 66.9 Å². The summed E-state index contributed by atoms with van der Waals surface area (Å²) in [5.41, 5.74) is -0.0585. The second-order valence-corrected chi connectivity index (χ2v) is 5.24. The van der Waals surface area contributed by atoms with E-state index in [1.54, 1.807) is 36.4 Å². The van der Waals surface area contributed by atoms with Crippen LogP contribution in [0.1, 0.15) is 22.1 Å². The number of hydrogen-bond donors (Lipinski definition) is 1. The molecular weight excluding hydrogens is 317 g/mol. The molecule has 24 heavy (non-hydrogen) atoms. The molecule has 0 spiro atoms. The molecule has 0 fully saturated rings. The van der Waals surface area contributed by atoms with E-state index in [9.17, 15) is 18.0 Å². The highest BCUT2D eigenvalue weighted by Crippen LogP contribution is 2.33. The number of carbonyl (C=O) groups excluding carboxylic acids is 1. The highest BCUT2D eigenvalue weighted by molar-refractivity contribution is 6.05. The average molecular weight is 330 g/mol. The summed E-state index contributed by atoms with van der Waals surface area (Å²) >= 11 is 0. The molecule has 6 heteroatoms. The molecule has 1 unspecified atom stereocenters. The summed E-state index contributed by atoms with van der Waals surface area (Å²) in [7, 11) is 0. The SMILES string of the molecule is O=C(NC(c1ccccc1)C(F)(F)F)c1nccc2ccccc12. The van der Waals surface area contributed by atoms with Gasteiger partial charge in [0, 0.05) is 11.6 Å². The Morgan fingerprint density at radius 3 is 2.33 bits per heavy atom. The van der Waals surface area contributed by atoms with Gasteiger partial charge in [-0.3, -0.25) is 9.78 Å². The van der Waals surface area contributed by atoms with Gasteiger partial charge >= 0.3 is 6.18 Å². The van der Waals surface area contributed by atoms with E-state index in [0.717, 1.165) is 5.39 Å². The van der Waals surface area contributed by atoms with Gasteiger partial charge in [-0.05, 0) is 17.0 Å². The molecule has 2 aromatic carbocycles. The Morgan fingerprint density at radius 2 is 1.62 bits per heavy atom. The molecule has 3 nitrogen and oxygen atoms in total. The zero-order valence-corrected chi connectivity index (χ0v) is 12.4. The number of fused-ring (bicyclic) bond motifs is 1. The molecule has 1 atom stereocenters. The highest BCUT2D eigenvalue weighted by Gasteiger charge is 2.42. The average Bonchev–Trinajstić information content (AvgIpc) is 2.58. The van der Waals surface area contributed by atoms with E-state index in [2.05, 4.69) is 10.3 Å². The molecule has 0 bridgehead atoms. The number of nitrogens with zero attached hydrogens (tertiary/aromatic N) is 1. The van der Waals surface area contributed by atoms with Crippen molar-refractivity contribution in [2.24, 2.45) is 0 Å². The van der Waals surface area contributed by atoms with Gasteiger partial charge in [0.15, 0.2) is 6.04 Å². The first-order chi connectivity index (χ1) is 11.5. The monoisotopic (exact) mass is 330 g/mol. The summed E-state index contributed by atoms with van der Waals surface area (Å²) in [6.07, 6.45) is -3.20. The van der Waals surface area contributed by atoms with Crippen molar-refractivity contribution >= 4 is 16.7 Å². The van der Waals surface area contributed by atoms with Gasteiger partial charge in [0.25, 0.3) is 5.91 Å². The first kappa shape index (κ1) is 16.0. The number of rotatable bonds is 3. The van der Waals surface area contributed by atoms with Gasteiger partial charge in [0.05, 0.1) is 0 Å². The lowest BCUT2D eigenvalue weighted by molar-refractivity contribution is -0.155. The number of carbonyl (C=O) groups is 1. The van der Waals surface area contributed by atoms with E-state index < -0.39 is 18.1 Å². The predicted octanol–water partition coefficient (Wildman–Crippen LogP) is 4.27. The minimum absolute atomic E-state index is 0.0291. The smallest absolute Gasteiger partial charge is 0.335 e. The van der Waals surface area contributed by atoms with Crippen LogP contribution in [-0.4, -0.2) is 17.1 Å². The lowest BCUT2D eigenvalue weighted by atomic mass is 10.1. The Labute approximate surface area is 136 Å². The van der Waals surface area contributed by atoms with Crippen LogP contribution >= 0.6 is 0 Å². The molecule has 0 saturated carbocycles. The summed E-state index contributed by atoms with van der Waals surface area (Å²) < 4.78 is 40.1. The van der Waals surface area contributed by atoms with Crippen molar-refractivity contribution in [3.05, 3.63) is 78.1 Å². The molecule has 0 saturated heterocycles. The third-order valence-corrected chi connectivity index (χ3v) is 3.62. The van der Waals surface area contributed by atoms with Gasteiger partial charge in [-0.25, -0.2) is 0 Å². The fraction of sp³-hybridized carbons (Fsp3) is 0.111. The first-order valence-corrected chi connectivity index (χ1v) is 7.23. The molecule has 1 heterocycles. The molecule has 122 valence electrons. The van der Waals surface area contributed by atoms with Crippen molar-refractivity contribution in [1.29, 1.82) is 0 Å². The number of nitrogens with one attached hydrogen (secondary N) is 1. The maximum Gasteiger partial charge on any atom is 0.412 e. The fourth-order valence-electron chi connectivity index (χ4n) is 2.50. The van der Waals surface area contributed by atoms with Crippen LogP contribution in [0.4, 0.5) is 13.2 Å². The van der Waals surface area contributed by atoms with E-state index in [0.29, 0.717) is 5.39 Å². The van der Waals surface area contributed by atoms with Crippen LogP contribution in [-0.2, 0) is 0 Å². The molecule has 0 radical (unpaired) electrons. The normalized spacial score (nSPS) is 12.8. The van der Waals surface area contributed by atoms with Crippen LogP contribution in [0.3, 0.4) is 0 Å². The Morgan fingerprint density at radius 1 is 0.958 bits per heavy atom. The van der Waals surface area contributed by atoms with E-state index in [4.69, 9.17) is 0 Å². The predicted molar refractivity (Wildman–Crippen MR) is 84.4 cm³/mol. The van der Waals surface area contributed by atoms with Crippen LogP contribution in [0.2, 0.25) is 0 Å². The molecule has 1 amide bonds. The zero-order chi connectivity index (χ0) is 17.2. The number of benzene rings is 2. The molecule has 0 aliphatic heterocycles. The van der Waals surface area contributed by atoms with E-state index >= 15 is 0 Å². The molecular formula is C18H13F3N2O. The molecule has 3 aromatic rings. The van der Waals surface area contributed by atoms with Crippen molar-refractivity contribution in [2.45, 2.75) is 12.2 Å². The van der Waals surface area contributed by atoms with Crippen molar-refractivity contribution in [3.8, 4) is 0 Å². The van der Waals surface area contributed by atoms with Crippen LogP contribution in [0.5, 0.6) is 0 Å². The minimum atomic E-state index is -4.61. The molecule has 0 aliphatic rings. The number of alkyl halides is 3. The molecule has 3 rings (SSSR count). The summed E-state index contributed by atoms with van der Waals surface area (Å²) in [5, 5.41) is 3.30. The second-order valence-electron chi connectivity index (χ2n) is 5.24. The van der Waals surface area contributed by atoms with Crippen LogP contribution in [0, 0.1) is 0 Å². The Kier molecular flexibility index (Phi) is 4.20. The van der Waals surface area contributed by atoms with Gasteiger partial charge in [-0.2, -0.15) is 13.2 Å². The molecule has 1 aromatic heterocycles. The minimum Gasteiger partial charge on any atom is -0.335 e. The summed E-state index contributed by atoms with van der Waals surface area (Å²) in [6, 6.07) is 13.8. The third-order valence-electron chi connectivity index (χ3n) is 3.62. The van der Waals surface area contributed by atoms with Crippen molar-refractivity contribution in [2.75, 3.05) is 0 Å². The topological polar surface area (TPSA) is 42.0 Å². The van der Waals surface area contributed by atoms with Crippen molar-refractivity contribution in [1.82, 2.24) is 10.3 Å². The summed E-state index contributed by atoms with van der Waals surface area (Å²) in [6.45, 7) is 0. The number of amides is 1. The Hall–Kier alpha value is -2.89. The largest absolute Gasteiger partial charge is 0.412 e. The lowest BCUT2D eigenvalue weighted by Crippen LogP contribution is -2.38. The fourth-order valence-corrected chi connectivity index (χ4v) is 2.50.